The van der Waals surface area contributed by atoms with E-state index in [0.29, 0.717) is 12.3 Å². The SMILES string of the molecule is COC(=O)C[C@@H](CC(=O)[O-])CC(C)C. The minimum Gasteiger partial charge on any atom is -0.550 e. The van der Waals surface area contributed by atoms with E-state index in [1.54, 1.807) is 0 Å². The van der Waals surface area contributed by atoms with Crippen LogP contribution in [0.2, 0.25) is 0 Å². The molecular weight excluding hydrogens is 184 g/mol. The van der Waals surface area contributed by atoms with Gasteiger partial charge in [-0.05, 0) is 24.7 Å². The van der Waals surface area contributed by atoms with Gasteiger partial charge >= 0.3 is 5.97 Å². The van der Waals surface area contributed by atoms with Crippen LogP contribution in [-0.2, 0) is 14.3 Å². The number of hydrogen-bond donors (Lipinski definition) is 0. The van der Waals surface area contributed by atoms with Crippen LogP contribution in [0.1, 0.15) is 33.1 Å². The minimum atomic E-state index is -1.11. The lowest BCUT2D eigenvalue weighted by Gasteiger charge is -2.17. The number of carboxylic acids is 1. The van der Waals surface area contributed by atoms with Gasteiger partial charge in [-0.3, -0.25) is 4.79 Å². The minimum absolute atomic E-state index is 0.0761. The molecule has 14 heavy (non-hydrogen) atoms. The Hall–Kier alpha value is -1.06. The average Bonchev–Trinajstić information content (AvgIpc) is 2.01. The molecule has 0 aromatic carbocycles. The number of rotatable bonds is 6. The molecule has 4 nitrogen and oxygen atoms in total. The van der Waals surface area contributed by atoms with Gasteiger partial charge in [0.15, 0.2) is 0 Å². The largest absolute Gasteiger partial charge is 0.550 e. The number of ether oxygens (including phenoxy) is 1. The van der Waals surface area contributed by atoms with Crippen molar-refractivity contribution in [2.45, 2.75) is 33.1 Å². The summed E-state index contributed by atoms with van der Waals surface area (Å²) in [7, 11) is 1.30. The molecular formula is C10H17O4-. The van der Waals surface area contributed by atoms with E-state index in [1.165, 1.54) is 7.11 Å². The molecule has 0 rings (SSSR count). The standard InChI is InChI=1S/C10H18O4/c1-7(2)4-8(5-9(11)12)6-10(13)14-3/h7-8H,4-6H2,1-3H3,(H,11,12)/p-1/t8-/m1/s1. The predicted octanol–water partition coefficient (Wildman–Crippen LogP) is 0.352. The van der Waals surface area contributed by atoms with Crippen molar-refractivity contribution in [2.24, 2.45) is 11.8 Å². The summed E-state index contributed by atoms with van der Waals surface area (Å²) in [6, 6.07) is 0. The molecule has 0 aliphatic heterocycles. The molecule has 0 spiro atoms. The Labute approximate surface area is 84.3 Å². The number of esters is 1. The quantitative estimate of drug-likeness (QED) is 0.582. The zero-order valence-electron chi connectivity index (χ0n) is 8.91. The summed E-state index contributed by atoms with van der Waals surface area (Å²) < 4.78 is 4.49. The molecule has 4 heteroatoms. The lowest BCUT2D eigenvalue weighted by atomic mass is 9.91. The number of aliphatic carboxylic acids is 1. The molecule has 0 bridgehead atoms. The van der Waals surface area contributed by atoms with Crippen molar-refractivity contribution in [3.8, 4) is 0 Å². The maximum atomic E-state index is 10.9. The van der Waals surface area contributed by atoms with E-state index >= 15 is 0 Å². The highest BCUT2D eigenvalue weighted by Gasteiger charge is 2.15. The normalized spacial score (nSPS) is 12.6. The Morgan fingerprint density at radius 2 is 1.86 bits per heavy atom. The van der Waals surface area contributed by atoms with Crippen LogP contribution in [0.3, 0.4) is 0 Å². The van der Waals surface area contributed by atoms with Crippen LogP contribution in [0.15, 0.2) is 0 Å². The number of methoxy groups -OCH3 is 1. The number of carbonyl (C=O) groups excluding carboxylic acids is 2. The van der Waals surface area contributed by atoms with E-state index in [0.717, 1.165) is 0 Å². The molecule has 0 aromatic rings. The Morgan fingerprint density at radius 3 is 2.21 bits per heavy atom. The molecule has 0 heterocycles. The summed E-state index contributed by atoms with van der Waals surface area (Å²) in [6.07, 6.45) is 0.777. The smallest absolute Gasteiger partial charge is 0.305 e. The second kappa shape index (κ2) is 6.40. The predicted molar refractivity (Wildman–Crippen MR) is 49.2 cm³/mol. The van der Waals surface area contributed by atoms with Crippen LogP contribution in [0.5, 0.6) is 0 Å². The van der Waals surface area contributed by atoms with E-state index in [-0.39, 0.29) is 24.7 Å². The molecule has 0 radical (unpaired) electrons. The van der Waals surface area contributed by atoms with Gasteiger partial charge in [-0.25, -0.2) is 0 Å². The monoisotopic (exact) mass is 201 g/mol. The van der Waals surface area contributed by atoms with Crippen LogP contribution >= 0.6 is 0 Å². The average molecular weight is 201 g/mol. The highest BCUT2D eigenvalue weighted by molar-refractivity contribution is 5.71. The molecule has 0 aliphatic rings. The maximum absolute atomic E-state index is 10.9. The molecule has 0 aliphatic carbocycles. The fourth-order valence-electron chi connectivity index (χ4n) is 1.46. The first-order chi connectivity index (χ1) is 6.45. The second-order valence-corrected chi connectivity index (χ2v) is 3.85. The van der Waals surface area contributed by atoms with Crippen molar-refractivity contribution in [1.82, 2.24) is 0 Å². The van der Waals surface area contributed by atoms with E-state index in [2.05, 4.69) is 4.74 Å². The first-order valence-corrected chi connectivity index (χ1v) is 4.72. The first-order valence-electron chi connectivity index (χ1n) is 4.72. The van der Waals surface area contributed by atoms with Gasteiger partial charge in [0, 0.05) is 12.4 Å². The molecule has 0 fully saturated rings. The van der Waals surface area contributed by atoms with Gasteiger partial charge in [-0.2, -0.15) is 0 Å². The van der Waals surface area contributed by atoms with Crippen molar-refractivity contribution in [3.05, 3.63) is 0 Å². The van der Waals surface area contributed by atoms with Gasteiger partial charge in [-0.1, -0.05) is 13.8 Å². The third-order valence-corrected chi connectivity index (χ3v) is 1.94. The third kappa shape index (κ3) is 6.46. The number of hydrogen-bond acceptors (Lipinski definition) is 4. The lowest BCUT2D eigenvalue weighted by molar-refractivity contribution is -0.306. The molecule has 0 amide bonds. The molecule has 82 valence electrons. The molecule has 1 atom stereocenters. The summed E-state index contributed by atoms with van der Waals surface area (Å²) >= 11 is 0. The van der Waals surface area contributed by atoms with Gasteiger partial charge in [0.25, 0.3) is 0 Å². The van der Waals surface area contributed by atoms with Gasteiger partial charge in [-0.15, -0.1) is 0 Å². The molecule has 0 N–H and O–H groups in total. The summed E-state index contributed by atoms with van der Waals surface area (Å²) in [5, 5.41) is 10.4. The Kier molecular flexibility index (Phi) is 5.92. The van der Waals surface area contributed by atoms with Gasteiger partial charge in [0.2, 0.25) is 0 Å². The van der Waals surface area contributed by atoms with Crippen molar-refractivity contribution >= 4 is 11.9 Å². The van der Waals surface area contributed by atoms with Gasteiger partial charge in [0.1, 0.15) is 0 Å². The summed E-state index contributed by atoms with van der Waals surface area (Å²) in [5.74, 6) is -1.28. The highest BCUT2D eigenvalue weighted by atomic mass is 16.5. The van der Waals surface area contributed by atoms with Gasteiger partial charge in [0.05, 0.1) is 7.11 Å². The zero-order chi connectivity index (χ0) is 11.1. The van der Waals surface area contributed by atoms with Crippen LogP contribution in [0.4, 0.5) is 0 Å². The molecule has 0 aromatic heterocycles. The summed E-state index contributed by atoms with van der Waals surface area (Å²) in [5.41, 5.74) is 0. The lowest BCUT2D eigenvalue weighted by Crippen LogP contribution is -2.27. The topological polar surface area (TPSA) is 66.4 Å². The highest BCUT2D eigenvalue weighted by Crippen LogP contribution is 2.19. The van der Waals surface area contributed by atoms with E-state index in [1.807, 2.05) is 13.8 Å². The van der Waals surface area contributed by atoms with Crippen LogP contribution < -0.4 is 5.11 Å². The second-order valence-electron chi connectivity index (χ2n) is 3.85. The Bertz CT molecular complexity index is 198. The first kappa shape index (κ1) is 12.9. The summed E-state index contributed by atoms with van der Waals surface area (Å²) in [6.45, 7) is 3.97. The van der Waals surface area contributed by atoms with E-state index < -0.39 is 5.97 Å². The van der Waals surface area contributed by atoms with Crippen molar-refractivity contribution < 1.29 is 19.4 Å². The molecule has 0 saturated carbocycles. The van der Waals surface area contributed by atoms with E-state index in [9.17, 15) is 14.7 Å². The zero-order valence-corrected chi connectivity index (χ0v) is 8.91. The van der Waals surface area contributed by atoms with Crippen molar-refractivity contribution in [2.75, 3.05) is 7.11 Å². The third-order valence-electron chi connectivity index (χ3n) is 1.94. The Morgan fingerprint density at radius 1 is 1.29 bits per heavy atom. The molecule has 0 saturated heterocycles. The molecule has 0 unspecified atom stereocenters. The number of carbonyl (C=O) groups is 2. The van der Waals surface area contributed by atoms with Gasteiger partial charge < -0.3 is 14.6 Å². The fourth-order valence-corrected chi connectivity index (χ4v) is 1.46. The van der Waals surface area contributed by atoms with Crippen molar-refractivity contribution in [3.63, 3.8) is 0 Å². The fraction of sp³-hybridized carbons (Fsp3) is 0.800. The van der Waals surface area contributed by atoms with Crippen molar-refractivity contribution in [1.29, 1.82) is 0 Å². The summed E-state index contributed by atoms with van der Waals surface area (Å²) in [4.78, 5) is 21.3. The van der Waals surface area contributed by atoms with Crippen LogP contribution in [-0.4, -0.2) is 19.0 Å². The Balaban J connectivity index is 4.09. The van der Waals surface area contributed by atoms with Crippen LogP contribution in [0.25, 0.3) is 0 Å². The number of carboxylic acid groups (broad SMARTS) is 1. The van der Waals surface area contributed by atoms with E-state index in [4.69, 9.17) is 0 Å². The van der Waals surface area contributed by atoms with Crippen LogP contribution in [0, 0.1) is 11.8 Å². The maximum Gasteiger partial charge on any atom is 0.305 e.